The zero-order valence-electron chi connectivity index (χ0n) is 9.42. The molecule has 0 aliphatic heterocycles. The fraction of sp³-hybridized carbons (Fsp3) is 0.400. The van der Waals surface area contributed by atoms with E-state index in [0.29, 0.717) is 6.04 Å². The summed E-state index contributed by atoms with van der Waals surface area (Å²) < 4.78 is 18.7. The minimum atomic E-state index is -2.50. The molecule has 0 fully saturated rings. The number of halogens is 2. The molecule has 0 N–H and O–H groups in total. The Kier molecular flexibility index (Phi) is 6.16. The van der Waals surface area contributed by atoms with Crippen molar-refractivity contribution in [1.82, 2.24) is 0 Å². The summed E-state index contributed by atoms with van der Waals surface area (Å²) in [6, 6.07) is 7.02. The molecule has 0 amide bonds. The second kappa shape index (κ2) is 6.64. The molecule has 0 saturated carbocycles. The molecule has 0 radical (unpaired) electrons. The molecule has 3 nitrogen and oxygen atoms in total. The highest BCUT2D eigenvalue weighted by Crippen LogP contribution is 2.20. The molecule has 0 bridgehead atoms. The van der Waals surface area contributed by atoms with Gasteiger partial charge < -0.3 is 13.3 Å². The first-order chi connectivity index (χ1) is 7.56. The molecule has 0 spiro atoms. The van der Waals surface area contributed by atoms with E-state index in [9.17, 15) is 0 Å². The second-order valence-electron chi connectivity index (χ2n) is 3.22. The van der Waals surface area contributed by atoms with Gasteiger partial charge in [-0.2, -0.15) is 0 Å². The van der Waals surface area contributed by atoms with Crippen LogP contribution in [0.4, 0.5) is 0 Å². The summed E-state index contributed by atoms with van der Waals surface area (Å²) >= 11 is 4.64. The largest absolute Gasteiger partial charge is 0.504 e. The normalized spacial score (nSPS) is 11.8. The minimum absolute atomic E-state index is 0.698. The quantitative estimate of drug-likeness (QED) is 0.496. The Bertz CT molecular complexity index is 348. The van der Waals surface area contributed by atoms with Gasteiger partial charge in [-0.15, -0.1) is 0 Å². The summed E-state index contributed by atoms with van der Waals surface area (Å²) in [5, 5.41) is 0. The van der Waals surface area contributed by atoms with Crippen LogP contribution in [0.1, 0.15) is 5.56 Å². The molecule has 0 aromatic heterocycles. The van der Waals surface area contributed by atoms with Crippen molar-refractivity contribution in [2.45, 2.75) is 6.04 Å². The summed E-state index contributed by atoms with van der Waals surface area (Å²) in [5.41, 5.74) is 1.18. The Morgan fingerprint density at radius 1 is 1.00 bits per heavy atom. The maximum Gasteiger partial charge on any atom is 0.504 e. The van der Waals surface area contributed by atoms with E-state index < -0.39 is 8.80 Å². The number of rotatable bonds is 5. The lowest BCUT2D eigenvalue weighted by atomic mass is 10.2. The van der Waals surface area contributed by atoms with Crippen LogP contribution < -0.4 is 0 Å². The van der Waals surface area contributed by atoms with Gasteiger partial charge in [-0.05, 0) is 62.9 Å². The Labute approximate surface area is 125 Å². The summed E-state index contributed by atoms with van der Waals surface area (Å²) in [6.07, 6.45) is 0. The van der Waals surface area contributed by atoms with Gasteiger partial charge in [0.2, 0.25) is 0 Å². The number of hydrogen-bond acceptors (Lipinski definition) is 3. The molecule has 0 atom stereocenters. The topological polar surface area (TPSA) is 27.7 Å². The minimum Gasteiger partial charge on any atom is -0.377 e. The van der Waals surface area contributed by atoms with Gasteiger partial charge in [0, 0.05) is 34.5 Å². The molecule has 90 valence electrons. The van der Waals surface area contributed by atoms with E-state index in [1.807, 2.05) is 0 Å². The molecule has 0 saturated heterocycles. The van der Waals surface area contributed by atoms with Gasteiger partial charge in [0.25, 0.3) is 0 Å². The van der Waals surface area contributed by atoms with Crippen molar-refractivity contribution in [3.63, 3.8) is 0 Å². The van der Waals surface area contributed by atoms with Crippen LogP contribution in [0.5, 0.6) is 0 Å². The highest BCUT2D eigenvalue weighted by atomic mass is 127. The first-order valence-electron chi connectivity index (χ1n) is 4.66. The zero-order valence-corrected chi connectivity index (χ0v) is 14.7. The van der Waals surface area contributed by atoms with Gasteiger partial charge in [0.1, 0.15) is 0 Å². The van der Waals surface area contributed by atoms with E-state index in [1.54, 1.807) is 21.3 Å². The third-order valence-corrected chi connectivity index (χ3v) is 7.91. The fourth-order valence-corrected chi connectivity index (χ4v) is 3.93. The molecular formula is C10H14I2O3Si. The average molecular weight is 464 g/mol. The summed E-state index contributed by atoms with van der Waals surface area (Å²) in [7, 11) is 2.40. The van der Waals surface area contributed by atoms with Gasteiger partial charge in [-0.1, -0.05) is 6.07 Å². The lowest BCUT2D eigenvalue weighted by Crippen LogP contribution is -2.45. The maximum absolute atomic E-state index is 5.40. The lowest BCUT2D eigenvalue weighted by Gasteiger charge is -2.24. The molecule has 0 aliphatic carbocycles. The Morgan fingerprint density at radius 2 is 1.56 bits per heavy atom. The SMILES string of the molecule is CO[Si](Cc1ccc(I)c(I)c1)(OC)OC. The third-order valence-electron chi connectivity index (χ3n) is 2.34. The smallest absolute Gasteiger partial charge is 0.377 e. The van der Waals surface area contributed by atoms with Crippen LogP contribution in [0.3, 0.4) is 0 Å². The molecule has 16 heavy (non-hydrogen) atoms. The second-order valence-corrected chi connectivity index (χ2v) is 8.49. The maximum atomic E-state index is 5.40. The predicted molar refractivity (Wildman–Crippen MR) is 82.4 cm³/mol. The van der Waals surface area contributed by atoms with Crippen LogP contribution in [0, 0.1) is 7.14 Å². The van der Waals surface area contributed by atoms with E-state index in [0.717, 1.165) is 0 Å². The summed E-state index contributed by atoms with van der Waals surface area (Å²) in [6.45, 7) is 0. The van der Waals surface area contributed by atoms with E-state index >= 15 is 0 Å². The van der Waals surface area contributed by atoms with Gasteiger partial charge in [0.15, 0.2) is 0 Å². The van der Waals surface area contributed by atoms with Crippen LogP contribution in [0.25, 0.3) is 0 Å². The van der Waals surface area contributed by atoms with E-state index in [2.05, 4.69) is 63.4 Å². The first kappa shape index (κ1) is 14.8. The molecule has 6 heteroatoms. The predicted octanol–water partition coefficient (Wildman–Crippen LogP) is 2.86. The molecule has 1 aromatic carbocycles. The summed E-state index contributed by atoms with van der Waals surface area (Å²) in [5.74, 6) is 0. The standard InChI is InChI=1S/C10H14I2O3Si/c1-13-16(14-2,15-3)7-8-4-5-9(11)10(12)6-8/h4-6H,7H2,1-3H3. The third kappa shape index (κ3) is 3.64. The molecule has 0 unspecified atom stereocenters. The van der Waals surface area contributed by atoms with Crippen LogP contribution in [-0.4, -0.2) is 30.1 Å². The molecule has 1 rings (SSSR count). The monoisotopic (exact) mass is 464 g/mol. The van der Waals surface area contributed by atoms with E-state index in [1.165, 1.54) is 12.7 Å². The average Bonchev–Trinajstić information content (AvgIpc) is 2.31. The number of hydrogen-bond donors (Lipinski definition) is 0. The van der Waals surface area contributed by atoms with E-state index in [4.69, 9.17) is 13.3 Å². The van der Waals surface area contributed by atoms with Crippen LogP contribution in [0.15, 0.2) is 18.2 Å². The summed E-state index contributed by atoms with van der Waals surface area (Å²) in [4.78, 5) is 0. The van der Waals surface area contributed by atoms with E-state index in [-0.39, 0.29) is 0 Å². The highest BCUT2D eigenvalue weighted by molar-refractivity contribution is 14.1. The Morgan fingerprint density at radius 3 is 2.00 bits per heavy atom. The van der Waals surface area contributed by atoms with Crippen molar-refractivity contribution >= 4 is 54.0 Å². The number of benzene rings is 1. The van der Waals surface area contributed by atoms with Crippen molar-refractivity contribution in [2.24, 2.45) is 0 Å². The Balaban J connectivity index is 2.89. The van der Waals surface area contributed by atoms with Crippen LogP contribution in [0.2, 0.25) is 0 Å². The van der Waals surface area contributed by atoms with Crippen molar-refractivity contribution in [2.75, 3.05) is 21.3 Å². The highest BCUT2D eigenvalue weighted by Gasteiger charge is 2.37. The first-order valence-corrected chi connectivity index (χ1v) is 8.75. The molecular weight excluding hydrogens is 450 g/mol. The van der Waals surface area contributed by atoms with Crippen molar-refractivity contribution in [1.29, 1.82) is 0 Å². The zero-order chi connectivity index (χ0) is 12.2. The van der Waals surface area contributed by atoms with Crippen molar-refractivity contribution < 1.29 is 13.3 Å². The Hall–Kier alpha value is 0.777. The van der Waals surface area contributed by atoms with Crippen LogP contribution in [-0.2, 0) is 19.3 Å². The van der Waals surface area contributed by atoms with Gasteiger partial charge >= 0.3 is 8.80 Å². The lowest BCUT2D eigenvalue weighted by molar-refractivity contribution is 0.122. The fourth-order valence-electron chi connectivity index (χ4n) is 1.37. The van der Waals surface area contributed by atoms with Gasteiger partial charge in [0.05, 0.1) is 0 Å². The van der Waals surface area contributed by atoms with Gasteiger partial charge in [-0.3, -0.25) is 0 Å². The van der Waals surface area contributed by atoms with Gasteiger partial charge in [-0.25, -0.2) is 0 Å². The van der Waals surface area contributed by atoms with Crippen molar-refractivity contribution in [3.8, 4) is 0 Å². The molecule has 0 aliphatic rings. The molecule has 0 heterocycles. The molecule has 1 aromatic rings. The van der Waals surface area contributed by atoms with Crippen LogP contribution >= 0.6 is 45.2 Å². The van der Waals surface area contributed by atoms with Crippen molar-refractivity contribution in [3.05, 3.63) is 30.9 Å².